The van der Waals surface area contributed by atoms with Gasteiger partial charge in [-0.05, 0) is 42.5 Å². The van der Waals surface area contributed by atoms with Gasteiger partial charge >= 0.3 is 0 Å². The van der Waals surface area contributed by atoms with E-state index in [4.69, 9.17) is 0 Å². The molecule has 1 heterocycles. The van der Waals surface area contributed by atoms with Crippen LogP contribution >= 0.6 is 0 Å². The lowest BCUT2D eigenvalue weighted by molar-refractivity contribution is 0.584. The van der Waals surface area contributed by atoms with Crippen molar-refractivity contribution in [2.45, 2.75) is 9.79 Å². The lowest BCUT2D eigenvalue weighted by Gasteiger charge is -2.11. The number of sulfonamides is 1. The molecule has 3 aromatic carbocycles. The molecule has 31 heavy (non-hydrogen) atoms. The molecule has 0 atom stereocenters. The van der Waals surface area contributed by atoms with E-state index in [2.05, 4.69) is 14.9 Å². The third-order valence-corrected chi connectivity index (χ3v) is 7.21. The summed E-state index contributed by atoms with van der Waals surface area (Å²) in [6.07, 6.45) is 0.920. The van der Waals surface area contributed by atoms with Crippen LogP contribution in [0.1, 0.15) is 0 Å². The van der Waals surface area contributed by atoms with Crippen molar-refractivity contribution in [3.63, 3.8) is 0 Å². The molecule has 0 radical (unpaired) electrons. The molecule has 4 rings (SSSR count). The van der Waals surface area contributed by atoms with Crippen LogP contribution in [0.5, 0.6) is 0 Å². The molecule has 2 N–H and O–H groups in total. The number of nitrogens with one attached hydrogen (secondary N) is 2. The number of fused-ring (bicyclic) bond motifs is 1. The summed E-state index contributed by atoms with van der Waals surface area (Å²) < 4.78 is 79.3. The van der Waals surface area contributed by atoms with Gasteiger partial charge in [0.05, 0.1) is 10.4 Å². The predicted molar refractivity (Wildman–Crippen MR) is 112 cm³/mol. The second kappa shape index (κ2) is 7.43. The zero-order chi connectivity index (χ0) is 22.4. The Morgan fingerprint density at radius 2 is 1.52 bits per heavy atom. The number of halogens is 2. The van der Waals surface area contributed by atoms with Crippen molar-refractivity contribution >= 4 is 36.5 Å². The second-order valence-corrected chi connectivity index (χ2v) is 10.5. The average molecular weight is 463 g/mol. The maximum atomic E-state index is 13.6. The molecular weight excluding hydrogens is 448 g/mol. The van der Waals surface area contributed by atoms with Gasteiger partial charge < -0.3 is 0 Å². The van der Waals surface area contributed by atoms with E-state index >= 15 is 0 Å². The Morgan fingerprint density at radius 3 is 2.16 bits per heavy atom. The van der Waals surface area contributed by atoms with Crippen LogP contribution in [0.2, 0.25) is 0 Å². The van der Waals surface area contributed by atoms with Crippen molar-refractivity contribution < 1.29 is 25.6 Å². The van der Waals surface area contributed by atoms with Crippen molar-refractivity contribution in [3.05, 3.63) is 72.3 Å². The summed E-state index contributed by atoms with van der Waals surface area (Å²) in [5.74, 6) is -1.55. The smallest absolute Gasteiger partial charge is 0.263 e. The monoisotopic (exact) mass is 463 g/mol. The summed E-state index contributed by atoms with van der Waals surface area (Å²) in [7, 11) is -8.04. The fourth-order valence-corrected chi connectivity index (χ4v) is 5.86. The van der Waals surface area contributed by atoms with Crippen molar-refractivity contribution in [1.82, 2.24) is 10.2 Å². The minimum atomic E-state index is -4.25. The molecule has 1 aromatic heterocycles. The standard InChI is InChI=1S/C20H15F2N3O4S2/c1-30(26,27)18-4-2-3-5-19(18)31(28,29)25-15-6-7-17-16(11-15)20(24-23-17)12-8-13(21)10-14(22)9-12/h2-11,25H,1H3,(H,23,24). The normalized spacial score (nSPS) is 12.2. The maximum absolute atomic E-state index is 13.6. The molecule has 0 aliphatic rings. The molecule has 11 heteroatoms. The third kappa shape index (κ3) is 4.14. The van der Waals surface area contributed by atoms with Gasteiger partial charge in [0.1, 0.15) is 22.2 Å². The molecule has 0 saturated carbocycles. The van der Waals surface area contributed by atoms with Crippen LogP contribution in [-0.2, 0) is 19.9 Å². The van der Waals surface area contributed by atoms with E-state index in [0.717, 1.165) is 24.5 Å². The zero-order valence-electron chi connectivity index (χ0n) is 15.9. The van der Waals surface area contributed by atoms with Crippen LogP contribution in [0.15, 0.2) is 70.5 Å². The number of nitrogens with zero attached hydrogens (tertiary/aromatic N) is 1. The first kappa shape index (κ1) is 20.9. The van der Waals surface area contributed by atoms with Crippen molar-refractivity contribution in [1.29, 1.82) is 0 Å². The van der Waals surface area contributed by atoms with Crippen LogP contribution in [0.4, 0.5) is 14.5 Å². The second-order valence-electron chi connectivity index (χ2n) is 6.82. The van der Waals surface area contributed by atoms with E-state index in [0.29, 0.717) is 10.9 Å². The maximum Gasteiger partial charge on any atom is 0.263 e. The first-order valence-corrected chi connectivity index (χ1v) is 12.2. The average Bonchev–Trinajstić information content (AvgIpc) is 3.09. The Hall–Kier alpha value is -3.31. The number of hydrogen-bond acceptors (Lipinski definition) is 5. The lowest BCUT2D eigenvalue weighted by atomic mass is 10.1. The summed E-state index contributed by atoms with van der Waals surface area (Å²) in [5, 5.41) is 7.22. The minimum Gasteiger partial charge on any atom is -0.280 e. The number of sulfone groups is 1. The highest BCUT2D eigenvalue weighted by atomic mass is 32.2. The number of aromatic amines is 1. The van der Waals surface area contributed by atoms with Gasteiger partial charge in [0.2, 0.25) is 0 Å². The summed E-state index contributed by atoms with van der Waals surface area (Å²) >= 11 is 0. The molecule has 0 aliphatic carbocycles. The number of H-pyrrole nitrogens is 1. The predicted octanol–water partition coefficient (Wildman–Crippen LogP) is 3.71. The SMILES string of the molecule is CS(=O)(=O)c1ccccc1S(=O)(=O)Nc1ccc2[nH]nc(-c3cc(F)cc(F)c3)c2c1. The van der Waals surface area contributed by atoms with Gasteiger partial charge in [-0.15, -0.1) is 0 Å². The number of rotatable bonds is 5. The molecule has 0 unspecified atom stereocenters. The van der Waals surface area contributed by atoms with Crippen molar-refractivity contribution in [2.75, 3.05) is 11.0 Å². The van der Waals surface area contributed by atoms with E-state index in [1.165, 1.54) is 36.4 Å². The molecule has 7 nitrogen and oxygen atoms in total. The fraction of sp³-hybridized carbons (Fsp3) is 0.0500. The Kier molecular flexibility index (Phi) is 5.02. The summed E-state index contributed by atoms with van der Waals surface area (Å²) in [5.41, 5.74) is 1.03. The minimum absolute atomic E-state index is 0.121. The van der Waals surface area contributed by atoms with E-state index in [-0.39, 0.29) is 21.8 Å². The van der Waals surface area contributed by atoms with E-state index in [1.54, 1.807) is 6.07 Å². The molecule has 0 fully saturated rings. The van der Waals surface area contributed by atoms with Gasteiger partial charge in [-0.2, -0.15) is 5.10 Å². The van der Waals surface area contributed by atoms with Crippen LogP contribution in [0.25, 0.3) is 22.2 Å². The van der Waals surface area contributed by atoms with Gasteiger partial charge in [0.25, 0.3) is 10.0 Å². The number of benzene rings is 3. The van der Waals surface area contributed by atoms with Gasteiger partial charge in [-0.25, -0.2) is 25.6 Å². The Balaban J connectivity index is 1.78. The molecule has 4 aromatic rings. The first-order chi connectivity index (χ1) is 14.5. The first-order valence-electron chi connectivity index (χ1n) is 8.81. The molecule has 0 spiro atoms. The number of hydrogen-bond donors (Lipinski definition) is 2. The summed E-state index contributed by atoms with van der Waals surface area (Å²) in [6, 6.07) is 12.6. The molecular formula is C20H15F2N3O4S2. The third-order valence-electron chi connectivity index (χ3n) is 4.49. The molecule has 160 valence electrons. The number of anilines is 1. The zero-order valence-corrected chi connectivity index (χ0v) is 17.6. The topological polar surface area (TPSA) is 109 Å². The van der Waals surface area contributed by atoms with Gasteiger partial charge in [-0.1, -0.05) is 12.1 Å². The number of aromatic nitrogens is 2. The van der Waals surface area contributed by atoms with Gasteiger partial charge in [0, 0.05) is 29.0 Å². The van der Waals surface area contributed by atoms with Gasteiger partial charge in [0.15, 0.2) is 9.84 Å². The lowest BCUT2D eigenvalue weighted by Crippen LogP contribution is -2.16. The summed E-state index contributed by atoms with van der Waals surface area (Å²) in [4.78, 5) is -0.722. The van der Waals surface area contributed by atoms with Crippen LogP contribution in [0, 0.1) is 11.6 Å². The highest BCUT2D eigenvalue weighted by Gasteiger charge is 2.24. The molecule has 0 saturated heterocycles. The van der Waals surface area contributed by atoms with Crippen molar-refractivity contribution in [2.24, 2.45) is 0 Å². The van der Waals surface area contributed by atoms with Crippen LogP contribution in [0.3, 0.4) is 0 Å². The Morgan fingerprint density at radius 1 is 0.871 bits per heavy atom. The van der Waals surface area contributed by atoms with E-state index in [9.17, 15) is 25.6 Å². The van der Waals surface area contributed by atoms with Crippen LogP contribution < -0.4 is 4.72 Å². The molecule has 0 aliphatic heterocycles. The molecule has 0 bridgehead atoms. The van der Waals surface area contributed by atoms with Crippen molar-refractivity contribution in [3.8, 4) is 11.3 Å². The quantitative estimate of drug-likeness (QED) is 0.469. The largest absolute Gasteiger partial charge is 0.280 e. The van der Waals surface area contributed by atoms with Gasteiger partial charge in [-0.3, -0.25) is 9.82 Å². The van der Waals surface area contributed by atoms with E-state index in [1.807, 2.05) is 0 Å². The highest BCUT2D eigenvalue weighted by molar-refractivity contribution is 7.95. The van der Waals surface area contributed by atoms with E-state index < -0.39 is 36.4 Å². The molecule has 0 amide bonds. The Bertz CT molecular complexity index is 1510. The Labute approximate surface area is 176 Å². The highest BCUT2D eigenvalue weighted by Crippen LogP contribution is 2.31. The fourth-order valence-electron chi connectivity index (χ4n) is 3.18. The van der Waals surface area contributed by atoms with Crippen LogP contribution in [-0.4, -0.2) is 33.3 Å². The summed E-state index contributed by atoms with van der Waals surface area (Å²) in [6.45, 7) is 0.